The maximum Gasteiger partial charge on any atom is 0.417 e. The Bertz CT molecular complexity index is 1490. The average Bonchev–Trinajstić information content (AvgIpc) is 3.27. The van der Waals surface area contributed by atoms with Crippen LogP contribution in [0, 0.1) is 0 Å². The van der Waals surface area contributed by atoms with Crippen LogP contribution in [0.2, 0.25) is 0 Å². The van der Waals surface area contributed by atoms with Gasteiger partial charge in [0.05, 0.1) is 34.0 Å². The van der Waals surface area contributed by atoms with E-state index in [-0.39, 0.29) is 17.8 Å². The second-order valence-electron chi connectivity index (χ2n) is 9.91. The molecule has 192 valence electrons. The lowest BCUT2D eigenvalue weighted by atomic mass is 9.99. The molecule has 0 unspecified atom stereocenters. The zero-order valence-corrected chi connectivity index (χ0v) is 20.0. The monoisotopic (exact) mass is 510 g/mol. The molecule has 37 heavy (non-hydrogen) atoms. The number of carbonyl (C=O) groups is 1. The summed E-state index contributed by atoms with van der Waals surface area (Å²) in [5.41, 5.74) is 0.956. The summed E-state index contributed by atoms with van der Waals surface area (Å²) in [4.78, 5) is 25.9. The minimum Gasteiger partial charge on any atom is -0.387 e. The van der Waals surface area contributed by atoms with Crippen LogP contribution in [0.1, 0.15) is 41.3 Å². The molecule has 0 bridgehead atoms. The van der Waals surface area contributed by atoms with Gasteiger partial charge in [0.15, 0.2) is 11.6 Å². The number of aromatic nitrogens is 3. The summed E-state index contributed by atoms with van der Waals surface area (Å²) >= 11 is 0. The third kappa shape index (κ3) is 4.40. The Morgan fingerprint density at radius 3 is 2.70 bits per heavy atom. The largest absolute Gasteiger partial charge is 0.417 e. The van der Waals surface area contributed by atoms with E-state index in [4.69, 9.17) is 4.74 Å². The minimum atomic E-state index is -4.63. The van der Waals surface area contributed by atoms with Crippen LogP contribution in [0.25, 0.3) is 22.6 Å². The molecule has 7 nitrogen and oxygen atoms in total. The van der Waals surface area contributed by atoms with Crippen LogP contribution < -0.4 is 4.90 Å². The highest BCUT2D eigenvalue weighted by Gasteiger charge is 2.51. The van der Waals surface area contributed by atoms with Crippen molar-refractivity contribution in [3.8, 4) is 11.5 Å². The number of hydrogen-bond acceptors (Lipinski definition) is 5. The first-order chi connectivity index (χ1) is 17.6. The van der Waals surface area contributed by atoms with Crippen molar-refractivity contribution in [2.24, 2.45) is 0 Å². The molecule has 3 heterocycles. The number of nitrogens with one attached hydrogen (secondary N) is 2. The van der Waals surface area contributed by atoms with Gasteiger partial charge in [0, 0.05) is 36.1 Å². The predicted octanol–water partition coefficient (Wildman–Crippen LogP) is 4.93. The van der Waals surface area contributed by atoms with Crippen molar-refractivity contribution in [3.63, 3.8) is 0 Å². The van der Waals surface area contributed by atoms with Crippen LogP contribution in [0.15, 0.2) is 54.7 Å². The Kier molecular flexibility index (Phi) is 5.43. The number of hydrogen-bond donors (Lipinski definition) is 3. The second-order valence-corrected chi connectivity index (χ2v) is 9.91. The van der Waals surface area contributed by atoms with Gasteiger partial charge in [-0.15, -0.1) is 0 Å². The number of ketones is 1. The highest BCUT2D eigenvalue weighted by atomic mass is 19.4. The van der Waals surface area contributed by atoms with Gasteiger partial charge in [-0.3, -0.25) is 4.79 Å². The molecule has 1 saturated heterocycles. The van der Waals surface area contributed by atoms with Crippen LogP contribution in [-0.4, -0.2) is 56.7 Å². The molecule has 1 saturated carbocycles. The van der Waals surface area contributed by atoms with Gasteiger partial charge in [0.2, 0.25) is 0 Å². The first-order valence-electron chi connectivity index (χ1n) is 12.1. The number of aromatic amines is 2. The van der Waals surface area contributed by atoms with E-state index in [0.29, 0.717) is 30.1 Å². The number of fused-ring (bicyclic) bond motifs is 1. The molecule has 2 atom stereocenters. The lowest BCUT2D eigenvalue weighted by molar-refractivity contribution is -0.137. The first-order valence-corrected chi connectivity index (χ1v) is 12.1. The number of halogens is 3. The summed E-state index contributed by atoms with van der Waals surface area (Å²) in [7, 11) is 0. The van der Waals surface area contributed by atoms with Crippen LogP contribution in [0.3, 0.4) is 0 Å². The van der Waals surface area contributed by atoms with Crippen molar-refractivity contribution in [2.45, 2.75) is 43.8 Å². The van der Waals surface area contributed by atoms with Crippen molar-refractivity contribution < 1.29 is 27.8 Å². The van der Waals surface area contributed by atoms with Crippen LogP contribution >= 0.6 is 0 Å². The molecule has 2 aliphatic rings. The van der Waals surface area contributed by atoms with Crippen molar-refractivity contribution >= 4 is 22.5 Å². The van der Waals surface area contributed by atoms with Gasteiger partial charge in [-0.2, -0.15) is 13.2 Å². The molecule has 0 radical (unpaired) electrons. The Morgan fingerprint density at radius 2 is 1.95 bits per heavy atom. The number of benzene rings is 2. The van der Waals surface area contributed by atoms with Gasteiger partial charge in [-0.1, -0.05) is 18.2 Å². The summed E-state index contributed by atoms with van der Waals surface area (Å²) in [6.45, 7) is 3.28. The van der Waals surface area contributed by atoms with E-state index in [2.05, 4.69) is 19.9 Å². The minimum absolute atomic E-state index is 0.0197. The van der Waals surface area contributed by atoms with Crippen molar-refractivity contribution in [3.05, 3.63) is 71.4 Å². The average molecular weight is 511 g/mol. The number of rotatable bonds is 5. The van der Waals surface area contributed by atoms with Gasteiger partial charge in [0.1, 0.15) is 6.10 Å². The van der Waals surface area contributed by atoms with Crippen LogP contribution in [-0.2, 0) is 10.9 Å². The topological polar surface area (TPSA) is 94.2 Å². The summed E-state index contributed by atoms with van der Waals surface area (Å²) in [6, 6.07) is 12.1. The maximum atomic E-state index is 13.4. The fourth-order valence-corrected chi connectivity index (χ4v) is 4.98. The lowest BCUT2D eigenvalue weighted by Gasteiger charge is -2.40. The molecular formula is C27H25F3N4O3. The van der Waals surface area contributed by atoms with E-state index in [1.165, 1.54) is 30.5 Å². The molecule has 0 spiro atoms. The molecule has 6 rings (SSSR count). The molecule has 2 aromatic heterocycles. The number of alkyl halides is 3. The van der Waals surface area contributed by atoms with Crippen molar-refractivity contribution in [1.29, 1.82) is 0 Å². The third-order valence-corrected chi connectivity index (χ3v) is 7.13. The van der Waals surface area contributed by atoms with E-state index in [1.807, 2.05) is 25.1 Å². The number of aliphatic hydroxyl groups is 1. The summed E-state index contributed by atoms with van der Waals surface area (Å²) < 4.78 is 46.1. The zero-order valence-electron chi connectivity index (χ0n) is 20.0. The quantitative estimate of drug-likeness (QED) is 0.331. The van der Waals surface area contributed by atoms with E-state index in [9.17, 15) is 23.1 Å². The van der Waals surface area contributed by atoms with E-state index >= 15 is 0 Å². The van der Waals surface area contributed by atoms with Crippen LogP contribution in [0.5, 0.6) is 0 Å². The summed E-state index contributed by atoms with van der Waals surface area (Å²) in [5, 5.41) is 10.6. The standard InChI is InChI=1S/C27H25F3N4O3/c1-15-13-34(14-23(37-15)26(36)8-9-26)17-6-7-20-21(11-17)33-25(32-20)22-10-16(12-31-22)24(35)18-4-2-3-5-19(18)27(28,29)30/h2-7,10-12,15,23,31,36H,8-9,13-14H2,1H3,(H,32,33)/t15-,23-/m1/s1. The van der Waals surface area contributed by atoms with Gasteiger partial charge in [0.25, 0.3) is 0 Å². The summed E-state index contributed by atoms with van der Waals surface area (Å²) in [6.07, 6.45) is -1.99. The smallest absolute Gasteiger partial charge is 0.387 e. The Balaban J connectivity index is 1.26. The SMILES string of the molecule is C[C@@H]1CN(c2ccc3nc(-c4cc(C(=O)c5ccccc5C(F)(F)F)c[nH]4)[nH]c3c2)C[C@H](C2(O)CC2)O1. The molecule has 1 aliphatic carbocycles. The molecule has 4 aromatic rings. The zero-order chi connectivity index (χ0) is 25.9. The number of imidazole rings is 1. The summed E-state index contributed by atoms with van der Waals surface area (Å²) in [5.74, 6) is -0.252. The maximum absolute atomic E-state index is 13.4. The Morgan fingerprint density at radius 1 is 1.16 bits per heavy atom. The van der Waals surface area contributed by atoms with Crippen molar-refractivity contribution in [1.82, 2.24) is 15.0 Å². The lowest BCUT2D eigenvalue weighted by Crippen LogP contribution is -2.52. The molecule has 0 amide bonds. The molecule has 10 heteroatoms. The van der Waals surface area contributed by atoms with Crippen LogP contribution in [0.4, 0.5) is 18.9 Å². The second kappa shape index (κ2) is 8.46. The molecule has 3 N–H and O–H groups in total. The van der Waals surface area contributed by atoms with Gasteiger partial charge in [-0.25, -0.2) is 4.98 Å². The fourth-order valence-electron chi connectivity index (χ4n) is 4.98. The van der Waals surface area contributed by atoms with Gasteiger partial charge < -0.3 is 24.7 Å². The number of anilines is 1. The molecule has 2 fully saturated rings. The van der Waals surface area contributed by atoms with Gasteiger partial charge in [-0.05, 0) is 50.1 Å². The predicted molar refractivity (Wildman–Crippen MR) is 131 cm³/mol. The Hall–Kier alpha value is -3.63. The van der Waals surface area contributed by atoms with Gasteiger partial charge >= 0.3 is 6.18 Å². The van der Waals surface area contributed by atoms with E-state index < -0.39 is 28.7 Å². The molecular weight excluding hydrogens is 485 g/mol. The number of ether oxygens (including phenoxy) is 1. The number of H-pyrrole nitrogens is 2. The molecule has 1 aliphatic heterocycles. The fraction of sp³-hybridized carbons (Fsp3) is 0.333. The number of carbonyl (C=O) groups excluding carboxylic acids is 1. The molecule has 2 aromatic carbocycles. The Labute approximate surface area is 210 Å². The van der Waals surface area contributed by atoms with Crippen molar-refractivity contribution in [2.75, 3.05) is 18.0 Å². The van der Waals surface area contributed by atoms with E-state index in [1.54, 1.807) is 0 Å². The third-order valence-electron chi connectivity index (χ3n) is 7.13. The number of nitrogens with zero attached hydrogens (tertiary/aromatic N) is 2. The first kappa shape index (κ1) is 23.7. The highest BCUT2D eigenvalue weighted by Crippen LogP contribution is 2.42. The highest BCUT2D eigenvalue weighted by molar-refractivity contribution is 6.10. The normalized spacial score (nSPS) is 21.4. The van der Waals surface area contributed by atoms with E-state index in [0.717, 1.165) is 30.1 Å². The number of morpholine rings is 1.